The van der Waals surface area contributed by atoms with Crippen molar-refractivity contribution in [3.63, 3.8) is 0 Å². The van der Waals surface area contributed by atoms with Crippen molar-refractivity contribution in [2.24, 2.45) is 11.0 Å². The lowest BCUT2D eigenvalue weighted by atomic mass is 13.9. The van der Waals surface area contributed by atoms with Gasteiger partial charge in [-0.15, -0.1) is 12.2 Å². The maximum absolute atomic E-state index is 6.47. The molecule has 5 heteroatoms. The minimum atomic E-state index is -2.44. The van der Waals surface area contributed by atoms with E-state index in [0.29, 0.717) is 0 Å². The summed E-state index contributed by atoms with van der Waals surface area (Å²) in [7, 11) is 0. The van der Waals surface area contributed by atoms with Crippen molar-refractivity contribution in [2.75, 3.05) is 0 Å². The third-order valence-electron chi connectivity index (χ3n) is 0. The van der Waals surface area contributed by atoms with E-state index in [2.05, 4.69) is 12.2 Å². The Morgan fingerprint density at radius 1 is 1.60 bits per heavy atom. The summed E-state index contributed by atoms with van der Waals surface area (Å²) in [5.74, 6) is 0. The Labute approximate surface area is 35.8 Å². The van der Waals surface area contributed by atoms with Crippen LogP contribution in [0.3, 0.4) is 0 Å². The van der Waals surface area contributed by atoms with Crippen molar-refractivity contribution in [3.8, 4) is 0 Å². The van der Waals surface area contributed by atoms with Gasteiger partial charge in [-0.1, -0.05) is 0 Å². The Balaban J connectivity index is 3.47. The van der Waals surface area contributed by atoms with Crippen molar-refractivity contribution in [3.05, 3.63) is 0 Å². The molecule has 0 fully saturated rings. The third kappa shape index (κ3) is 113. The first-order valence-electron chi connectivity index (χ1n) is 0.940. The number of hydrogen-bond donors (Lipinski definition) is 4. The fourth-order valence-corrected chi connectivity index (χ4v) is 0. The molecule has 0 rings (SSSR count). The van der Waals surface area contributed by atoms with Crippen LogP contribution in [0.2, 0.25) is 0 Å². The molecular formula is H6N3PS. The lowest BCUT2D eigenvalue weighted by Crippen LogP contribution is -1.94. The minimum Gasteiger partial charge on any atom is -0.282 e. The highest BCUT2D eigenvalue weighted by Crippen LogP contribution is 2.30. The maximum atomic E-state index is 6.47. The molecule has 0 aromatic rings. The summed E-state index contributed by atoms with van der Waals surface area (Å²) in [5.41, 5.74) is 9.55. The summed E-state index contributed by atoms with van der Waals surface area (Å²) in [6, 6.07) is 0. The molecule has 0 spiro atoms. The van der Waals surface area contributed by atoms with E-state index in [-0.39, 0.29) is 0 Å². The zero-order chi connectivity index (χ0) is 4.50. The van der Waals surface area contributed by atoms with E-state index in [4.69, 9.17) is 16.2 Å². The van der Waals surface area contributed by atoms with E-state index >= 15 is 0 Å². The summed E-state index contributed by atoms with van der Waals surface area (Å²) >= 11 is 3.46. The monoisotopic (exact) mass is 111 g/mol. The molecule has 5 N–H and O–H groups in total. The van der Waals surface area contributed by atoms with Crippen LogP contribution in [0.25, 0.3) is 0 Å². The molecule has 5 heavy (non-hydrogen) atoms. The van der Waals surface area contributed by atoms with Crippen molar-refractivity contribution >= 4 is 18.8 Å². The topological polar surface area (TPSA) is 75.9 Å². The molecule has 0 aliphatic carbocycles. The highest BCUT2D eigenvalue weighted by atomic mass is 32.7. The molecule has 0 aliphatic rings. The van der Waals surface area contributed by atoms with Gasteiger partial charge in [0.25, 0.3) is 0 Å². The predicted octanol–water partition coefficient (Wildman–Crippen LogP) is 0.359. The van der Waals surface area contributed by atoms with Gasteiger partial charge in [0.1, 0.15) is 6.56 Å². The van der Waals surface area contributed by atoms with Gasteiger partial charge in [0, 0.05) is 0 Å². The number of thiol groups is 1. The maximum Gasteiger partial charge on any atom is 0.137 e. The van der Waals surface area contributed by atoms with Gasteiger partial charge in [0.15, 0.2) is 0 Å². The smallest absolute Gasteiger partial charge is 0.137 e. The Kier molecular flexibility index (Phi) is 1.44. The van der Waals surface area contributed by atoms with Crippen molar-refractivity contribution < 1.29 is 0 Å². The fraction of sp³-hybridized carbons (Fsp3) is 0. The lowest BCUT2D eigenvalue weighted by molar-refractivity contribution is 1.55. The van der Waals surface area contributed by atoms with E-state index in [1.807, 2.05) is 0 Å². The fourth-order valence-electron chi connectivity index (χ4n) is 0. The Bertz CT molecular complexity index is 53.0. The summed E-state index contributed by atoms with van der Waals surface area (Å²) < 4.78 is 0. The first kappa shape index (κ1) is 5.50. The molecule has 0 radical (unpaired) electrons. The summed E-state index contributed by atoms with van der Waals surface area (Å²) in [6.45, 7) is -2.44. The van der Waals surface area contributed by atoms with E-state index in [1.54, 1.807) is 0 Å². The molecular weight excluding hydrogens is 105 g/mol. The van der Waals surface area contributed by atoms with Crippen LogP contribution in [-0.2, 0) is 0 Å². The van der Waals surface area contributed by atoms with Gasteiger partial charge in [-0.25, -0.2) is 0 Å². The standard InChI is InChI=1S/H6N3PS/c1-4(2,3)5/h(H6,1,2,3,5). The predicted molar refractivity (Wildman–Crippen MR) is 27.0 cm³/mol. The third-order valence-corrected chi connectivity index (χ3v) is 0. The van der Waals surface area contributed by atoms with Crippen LogP contribution in [0.1, 0.15) is 0 Å². The molecule has 3 nitrogen and oxygen atoms in total. The van der Waals surface area contributed by atoms with Gasteiger partial charge in [-0.3, -0.25) is 16.2 Å². The van der Waals surface area contributed by atoms with Crippen LogP contribution in [0.5, 0.6) is 0 Å². The van der Waals surface area contributed by atoms with E-state index in [1.165, 1.54) is 0 Å². The number of nitrogens with two attached hydrogens (primary N) is 2. The van der Waals surface area contributed by atoms with Crippen LogP contribution < -0.4 is 11.0 Å². The van der Waals surface area contributed by atoms with Crippen molar-refractivity contribution in [1.29, 1.82) is 5.16 Å². The highest BCUT2D eigenvalue weighted by Gasteiger charge is 1.84. The van der Waals surface area contributed by atoms with E-state index in [9.17, 15) is 0 Å². The number of nitrogens with one attached hydrogen (secondary N) is 1. The second-order valence-corrected chi connectivity index (χ2v) is 4.20. The highest BCUT2D eigenvalue weighted by molar-refractivity contribution is 8.46. The first-order chi connectivity index (χ1) is 2.00. The molecule has 0 heterocycles. The molecule has 0 atom stereocenters. The number of rotatable bonds is 0. The van der Waals surface area contributed by atoms with Crippen LogP contribution >= 0.6 is 18.8 Å². The van der Waals surface area contributed by atoms with E-state index < -0.39 is 6.56 Å². The van der Waals surface area contributed by atoms with Gasteiger partial charge in [0.05, 0.1) is 0 Å². The van der Waals surface area contributed by atoms with Crippen LogP contribution in [0.4, 0.5) is 0 Å². The molecule has 32 valence electrons. The molecule has 0 saturated heterocycles. The molecule has 0 amide bonds. The Morgan fingerprint density at radius 3 is 1.60 bits per heavy atom. The molecule has 0 aromatic heterocycles. The van der Waals surface area contributed by atoms with E-state index in [0.717, 1.165) is 0 Å². The summed E-state index contributed by atoms with van der Waals surface area (Å²) in [5, 5.41) is 6.47. The second-order valence-electron chi connectivity index (χ2n) is 0.738. The lowest BCUT2D eigenvalue weighted by Gasteiger charge is -1.93. The molecule has 0 aliphatic heterocycles. The summed E-state index contributed by atoms with van der Waals surface area (Å²) in [4.78, 5) is 0. The Morgan fingerprint density at radius 2 is 1.60 bits per heavy atom. The minimum absolute atomic E-state index is 2.44. The SMILES string of the molecule is N=P(N)(N)S. The van der Waals surface area contributed by atoms with Gasteiger partial charge in [-0.05, 0) is 0 Å². The van der Waals surface area contributed by atoms with Crippen molar-refractivity contribution in [1.82, 2.24) is 0 Å². The average molecular weight is 111 g/mol. The molecule has 0 aromatic carbocycles. The first-order valence-corrected chi connectivity index (χ1v) is 4.02. The van der Waals surface area contributed by atoms with Crippen LogP contribution in [-0.4, -0.2) is 0 Å². The van der Waals surface area contributed by atoms with Crippen molar-refractivity contribution in [2.45, 2.75) is 0 Å². The van der Waals surface area contributed by atoms with Gasteiger partial charge in [-0.2, -0.15) is 0 Å². The average Bonchev–Trinajstić information content (AvgIpc) is 0.722. The quantitative estimate of drug-likeness (QED) is 0.269. The zero-order valence-corrected chi connectivity index (χ0v) is 4.34. The van der Waals surface area contributed by atoms with Gasteiger partial charge >= 0.3 is 0 Å². The second kappa shape index (κ2) is 1.30. The van der Waals surface area contributed by atoms with Crippen LogP contribution in [0, 0.1) is 5.16 Å². The van der Waals surface area contributed by atoms with Gasteiger partial charge < -0.3 is 0 Å². The van der Waals surface area contributed by atoms with Gasteiger partial charge in [0.2, 0.25) is 0 Å². The largest absolute Gasteiger partial charge is 0.282 e. The molecule has 0 saturated carbocycles. The van der Waals surface area contributed by atoms with Crippen LogP contribution in [0.15, 0.2) is 0 Å². The molecule has 0 bridgehead atoms. The molecule has 0 unspecified atom stereocenters. The zero-order valence-electron chi connectivity index (χ0n) is 2.55. The Hall–Kier alpha value is 0.500. The number of hydrogen-bond acceptors (Lipinski definition) is 1. The normalized spacial score (nSPS) is 11.8. The summed E-state index contributed by atoms with van der Waals surface area (Å²) in [6.07, 6.45) is 0.